The van der Waals surface area contributed by atoms with Crippen LogP contribution in [0.3, 0.4) is 0 Å². The molecule has 0 N–H and O–H groups in total. The first-order chi connectivity index (χ1) is 19.8. The third kappa shape index (κ3) is 3.29. The Morgan fingerprint density at radius 3 is 0.881 bits per heavy atom. The van der Waals surface area contributed by atoms with Crippen molar-refractivity contribution in [3.8, 4) is 0 Å². The maximum Gasteiger partial charge on any atom is 0.259 e. The molecule has 0 aliphatic carbocycles. The number of benzene rings is 4. The van der Waals surface area contributed by atoms with Gasteiger partial charge in [-0.1, -0.05) is 41.5 Å². The fraction of sp³-hybridized carbons (Fsp3) is 0.417. The monoisotopic (exact) mass is 561 g/mol. The number of hydrogen-bond donors (Lipinski definition) is 0. The maximum atomic E-state index is 14.4. The van der Waals surface area contributed by atoms with Crippen LogP contribution in [0.15, 0.2) is 32.6 Å². The number of aromatic nitrogens is 3. The van der Waals surface area contributed by atoms with E-state index in [2.05, 4.69) is 59.7 Å². The van der Waals surface area contributed by atoms with E-state index in [4.69, 9.17) is 0 Å². The van der Waals surface area contributed by atoms with Gasteiger partial charge in [0.15, 0.2) is 0 Å². The van der Waals surface area contributed by atoms with Gasteiger partial charge >= 0.3 is 0 Å². The highest BCUT2D eigenvalue weighted by molar-refractivity contribution is 6.44. The van der Waals surface area contributed by atoms with E-state index < -0.39 is 0 Å². The zero-order valence-electron chi connectivity index (χ0n) is 26.2. The Labute approximate surface area is 244 Å². The van der Waals surface area contributed by atoms with Crippen LogP contribution in [-0.4, -0.2) is 13.7 Å². The van der Waals surface area contributed by atoms with Crippen LogP contribution < -0.4 is 16.7 Å². The fourth-order valence-electron chi connectivity index (χ4n) is 7.75. The SMILES string of the molecule is Cc1cc2c3c4c1c(=O)n(CC(C)C)c1cc(C)c5c(=O)n(CC(C)C)c6cc(C)c(c(=O)n2CC(C)C)c3c6c5c41. The first-order valence-corrected chi connectivity index (χ1v) is 15.3. The number of hydrogen-bond acceptors (Lipinski definition) is 3. The van der Waals surface area contributed by atoms with Crippen molar-refractivity contribution in [2.45, 2.75) is 81.9 Å². The van der Waals surface area contributed by atoms with Gasteiger partial charge in [-0.15, -0.1) is 0 Å². The van der Waals surface area contributed by atoms with Gasteiger partial charge in [-0.05, 0) is 73.4 Å². The lowest BCUT2D eigenvalue weighted by Gasteiger charge is -2.27. The topological polar surface area (TPSA) is 66.0 Å². The molecule has 7 aromatic rings. The van der Waals surface area contributed by atoms with Gasteiger partial charge in [-0.25, -0.2) is 0 Å². The van der Waals surface area contributed by atoms with Crippen LogP contribution in [0.25, 0.3) is 65.0 Å². The highest BCUT2D eigenvalue weighted by Crippen LogP contribution is 2.48. The van der Waals surface area contributed by atoms with Gasteiger partial charge in [-0.3, -0.25) is 14.4 Å². The van der Waals surface area contributed by atoms with Crippen molar-refractivity contribution in [3.05, 3.63) is 66.0 Å². The summed E-state index contributed by atoms with van der Waals surface area (Å²) in [4.78, 5) is 43.3. The summed E-state index contributed by atoms with van der Waals surface area (Å²) in [5.41, 5.74) is 5.23. The molecule has 0 unspecified atom stereocenters. The van der Waals surface area contributed by atoms with Crippen LogP contribution in [0.5, 0.6) is 0 Å². The minimum Gasteiger partial charge on any atom is -0.307 e. The lowest BCUT2D eigenvalue weighted by atomic mass is 9.83. The second-order valence-corrected chi connectivity index (χ2v) is 13.9. The van der Waals surface area contributed by atoms with E-state index in [1.165, 1.54) is 0 Å². The molecule has 216 valence electrons. The highest BCUT2D eigenvalue weighted by atomic mass is 16.1. The summed E-state index contributed by atoms with van der Waals surface area (Å²) < 4.78 is 5.79. The van der Waals surface area contributed by atoms with Crippen molar-refractivity contribution >= 4 is 65.0 Å². The predicted octanol–water partition coefficient (Wildman–Crippen LogP) is 7.30. The molecule has 7 rings (SSSR count). The van der Waals surface area contributed by atoms with Crippen molar-refractivity contribution in [2.24, 2.45) is 17.8 Å². The average molecular weight is 562 g/mol. The van der Waals surface area contributed by atoms with Gasteiger partial charge < -0.3 is 13.7 Å². The molecule has 3 aromatic heterocycles. The predicted molar refractivity (Wildman–Crippen MR) is 177 cm³/mol. The van der Waals surface area contributed by atoms with Crippen molar-refractivity contribution in [1.82, 2.24) is 13.7 Å². The second kappa shape index (κ2) is 8.79. The Morgan fingerprint density at radius 2 is 0.667 bits per heavy atom. The van der Waals surface area contributed by atoms with Gasteiger partial charge in [-0.2, -0.15) is 0 Å². The standard InChI is InChI=1S/C36H39N3O3/c1-16(2)13-37-22-10-19(7)26-32-28(22)31-25(34(37)40)20(8)11-23-29(31)33-27(36(42)38(23)14-17(3)4)21(9)12-24(30(32)33)39(35(26)41)15-18(5)6/h10-12,16-18H,13-15H2,1-9H3. The summed E-state index contributed by atoms with van der Waals surface area (Å²) in [5, 5.41) is 7.73. The Kier molecular flexibility index (Phi) is 5.64. The van der Waals surface area contributed by atoms with E-state index in [1.54, 1.807) is 0 Å². The van der Waals surface area contributed by atoms with Crippen LogP contribution >= 0.6 is 0 Å². The molecule has 0 bridgehead atoms. The molecule has 42 heavy (non-hydrogen) atoms. The molecule has 0 aliphatic heterocycles. The van der Waals surface area contributed by atoms with E-state index >= 15 is 0 Å². The van der Waals surface area contributed by atoms with Crippen molar-refractivity contribution in [1.29, 1.82) is 0 Å². The minimum atomic E-state index is -0.000364. The average Bonchev–Trinajstić information content (AvgIpc) is 2.89. The Bertz CT molecular complexity index is 2100. The summed E-state index contributed by atoms with van der Waals surface area (Å²) >= 11 is 0. The van der Waals surface area contributed by atoms with Gasteiger partial charge in [0.1, 0.15) is 0 Å². The summed E-state index contributed by atoms with van der Waals surface area (Å²) in [6.45, 7) is 20.5. The largest absolute Gasteiger partial charge is 0.307 e. The summed E-state index contributed by atoms with van der Waals surface area (Å²) in [6.07, 6.45) is 0. The molecule has 0 radical (unpaired) electrons. The molecule has 0 fully saturated rings. The highest BCUT2D eigenvalue weighted by Gasteiger charge is 2.30. The Balaban J connectivity index is 1.96. The van der Waals surface area contributed by atoms with E-state index in [9.17, 15) is 14.4 Å². The third-order valence-corrected chi connectivity index (χ3v) is 9.15. The van der Waals surface area contributed by atoms with Gasteiger partial charge in [0.25, 0.3) is 16.7 Å². The first kappa shape index (κ1) is 26.9. The van der Waals surface area contributed by atoms with Crippen molar-refractivity contribution < 1.29 is 0 Å². The molecular weight excluding hydrogens is 522 g/mol. The normalized spacial score (nSPS) is 13.1. The molecular formula is C36H39N3O3. The lowest BCUT2D eigenvalue weighted by molar-refractivity contribution is 0.524. The lowest BCUT2D eigenvalue weighted by Crippen LogP contribution is -2.29. The number of nitrogens with zero attached hydrogens (tertiary/aromatic N) is 3. The maximum absolute atomic E-state index is 14.4. The van der Waals surface area contributed by atoms with E-state index in [1.807, 2.05) is 34.5 Å². The number of pyridine rings is 3. The number of rotatable bonds is 6. The smallest absolute Gasteiger partial charge is 0.259 e. The quantitative estimate of drug-likeness (QED) is 0.158. The molecule has 0 saturated heterocycles. The van der Waals surface area contributed by atoms with Crippen LogP contribution in [-0.2, 0) is 19.6 Å². The molecule has 0 atom stereocenters. The molecule has 0 aliphatic rings. The fourth-order valence-corrected chi connectivity index (χ4v) is 7.75. The Hall–Kier alpha value is -3.93. The number of aryl methyl sites for hydroxylation is 3. The molecule has 4 aromatic carbocycles. The second-order valence-electron chi connectivity index (χ2n) is 13.9. The van der Waals surface area contributed by atoms with Crippen molar-refractivity contribution in [3.63, 3.8) is 0 Å². The van der Waals surface area contributed by atoms with Crippen LogP contribution in [0.2, 0.25) is 0 Å². The molecule has 0 amide bonds. The van der Waals surface area contributed by atoms with Crippen LogP contribution in [0.1, 0.15) is 58.2 Å². The van der Waals surface area contributed by atoms with Gasteiger partial charge in [0, 0.05) is 52.0 Å². The van der Waals surface area contributed by atoms with Gasteiger partial charge in [0.2, 0.25) is 0 Å². The summed E-state index contributed by atoms with van der Waals surface area (Å²) in [7, 11) is 0. The van der Waals surface area contributed by atoms with Crippen LogP contribution in [0, 0.1) is 38.5 Å². The molecule has 0 spiro atoms. The third-order valence-electron chi connectivity index (χ3n) is 9.15. The minimum absolute atomic E-state index is 0.000364. The zero-order chi connectivity index (χ0) is 30.1. The molecule has 0 saturated carbocycles. The van der Waals surface area contributed by atoms with E-state index in [-0.39, 0.29) is 34.4 Å². The first-order valence-electron chi connectivity index (χ1n) is 15.3. The zero-order valence-corrected chi connectivity index (χ0v) is 26.2. The van der Waals surface area contributed by atoms with E-state index in [0.29, 0.717) is 35.8 Å². The van der Waals surface area contributed by atoms with Crippen molar-refractivity contribution in [2.75, 3.05) is 0 Å². The molecule has 6 nitrogen and oxygen atoms in total. The summed E-state index contributed by atoms with van der Waals surface area (Å²) in [5.74, 6) is 0.792. The Morgan fingerprint density at radius 1 is 0.429 bits per heavy atom. The summed E-state index contributed by atoms with van der Waals surface area (Å²) in [6, 6.07) is 6.17. The van der Waals surface area contributed by atoms with Gasteiger partial charge in [0.05, 0.1) is 32.7 Å². The van der Waals surface area contributed by atoms with Crippen LogP contribution in [0.4, 0.5) is 0 Å². The molecule has 6 heteroatoms. The van der Waals surface area contributed by atoms with E-state index in [0.717, 1.165) is 65.6 Å². The molecule has 3 heterocycles.